The molecular formula is C64H120O6. The molecule has 6 nitrogen and oxygen atoms in total. The van der Waals surface area contributed by atoms with Gasteiger partial charge in [-0.1, -0.05) is 308 Å². The fourth-order valence-corrected chi connectivity index (χ4v) is 9.50. The van der Waals surface area contributed by atoms with Crippen molar-refractivity contribution in [2.24, 2.45) is 0 Å². The van der Waals surface area contributed by atoms with E-state index in [0.717, 1.165) is 64.2 Å². The van der Waals surface area contributed by atoms with E-state index in [4.69, 9.17) is 14.2 Å². The minimum Gasteiger partial charge on any atom is -0.462 e. The lowest BCUT2D eigenvalue weighted by molar-refractivity contribution is -0.167. The lowest BCUT2D eigenvalue weighted by Crippen LogP contribution is -2.30. The molecule has 0 aromatic rings. The number of ether oxygens (including phenoxy) is 3. The number of hydrogen-bond donors (Lipinski definition) is 0. The Kier molecular flexibility index (Phi) is 57.7. The molecule has 0 amide bonds. The van der Waals surface area contributed by atoms with Crippen molar-refractivity contribution >= 4 is 17.9 Å². The Balaban J connectivity index is 4.31. The minimum atomic E-state index is -0.772. The summed E-state index contributed by atoms with van der Waals surface area (Å²) in [6, 6.07) is 0. The van der Waals surface area contributed by atoms with Crippen molar-refractivity contribution in [3.8, 4) is 0 Å². The monoisotopic (exact) mass is 985 g/mol. The summed E-state index contributed by atoms with van der Waals surface area (Å²) in [6.45, 7) is 6.67. The summed E-state index contributed by atoms with van der Waals surface area (Å²) in [5.41, 5.74) is 0. The lowest BCUT2D eigenvalue weighted by Gasteiger charge is -2.18. The highest BCUT2D eigenvalue weighted by Gasteiger charge is 2.19. The number of hydrogen-bond acceptors (Lipinski definition) is 6. The van der Waals surface area contributed by atoms with Crippen molar-refractivity contribution in [2.75, 3.05) is 13.2 Å². The number of allylic oxidation sites excluding steroid dienone is 4. The Labute approximate surface area is 436 Å². The van der Waals surface area contributed by atoms with Gasteiger partial charge in [-0.15, -0.1) is 0 Å². The van der Waals surface area contributed by atoms with E-state index < -0.39 is 6.10 Å². The van der Waals surface area contributed by atoms with Gasteiger partial charge >= 0.3 is 17.9 Å². The summed E-state index contributed by atoms with van der Waals surface area (Å²) >= 11 is 0. The molecule has 0 aromatic heterocycles. The molecule has 1 unspecified atom stereocenters. The van der Waals surface area contributed by atoms with E-state index >= 15 is 0 Å². The number of esters is 3. The number of carbonyl (C=O) groups excluding carboxylic acids is 3. The second-order valence-corrected chi connectivity index (χ2v) is 21.4. The minimum absolute atomic E-state index is 0.0689. The van der Waals surface area contributed by atoms with Crippen molar-refractivity contribution in [3.63, 3.8) is 0 Å². The zero-order valence-electron chi connectivity index (χ0n) is 47.3. The van der Waals surface area contributed by atoms with E-state index in [9.17, 15) is 14.4 Å². The fourth-order valence-electron chi connectivity index (χ4n) is 9.50. The maximum Gasteiger partial charge on any atom is 0.306 e. The molecule has 1 atom stereocenters. The molecular weight excluding hydrogens is 865 g/mol. The molecule has 0 N–H and O–H groups in total. The van der Waals surface area contributed by atoms with Gasteiger partial charge in [0, 0.05) is 19.3 Å². The van der Waals surface area contributed by atoms with Crippen LogP contribution in [0.5, 0.6) is 0 Å². The standard InChI is InChI=1S/C64H120O6/c1-4-7-10-13-16-19-22-25-28-30-32-34-36-39-42-45-48-51-54-57-63(66)69-60-61(59-68-62(65)56-53-50-47-44-41-38-35-27-24-21-18-15-12-9-6-3)70-64(67)58-55-52-49-46-43-40-37-33-31-29-26-23-20-17-14-11-8-5-2/h18,21,24,27,61H,4-17,19-20,22-23,25-26,28-60H2,1-3H3/b21-18-,27-24-. The predicted molar refractivity (Wildman–Crippen MR) is 303 cm³/mol. The molecule has 70 heavy (non-hydrogen) atoms. The Morgan fingerprint density at radius 2 is 0.500 bits per heavy atom. The van der Waals surface area contributed by atoms with Crippen molar-refractivity contribution < 1.29 is 28.6 Å². The molecule has 6 heteroatoms. The molecule has 0 aliphatic rings. The van der Waals surface area contributed by atoms with E-state index in [1.807, 2.05) is 0 Å². The molecule has 0 spiro atoms. The van der Waals surface area contributed by atoms with Gasteiger partial charge < -0.3 is 14.2 Å². The van der Waals surface area contributed by atoms with Gasteiger partial charge in [-0.3, -0.25) is 14.4 Å². The van der Waals surface area contributed by atoms with Crippen LogP contribution in [0.25, 0.3) is 0 Å². The van der Waals surface area contributed by atoms with Gasteiger partial charge in [-0.25, -0.2) is 0 Å². The van der Waals surface area contributed by atoms with Gasteiger partial charge in [0.2, 0.25) is 0 Å². The Hall–Kier alpha value is -2.11. The maximum atomic E-state index is 12.9. The molecule has 0 aromatic carbocycles. The van der Waals surface area contributed by atoms with Crippen LogP contribution in [-0.4, -0.2) is 37.2 Å². The molecule has 0 saturated heterocycles. The SMILES string of the molecule is CCCCC/C=C\C=C/CCCCCCCCC(=O)OCC(COC(=O)CCCCCCCCCCCCCCCCCCCCC)OC(=O)CCCCCCCCCCCCCCCCCCCC. The largest absolute Gasteiger partial charge is 0.462 e. The first-order valence-electron chi connectivity index (χ1n) is 31.4. The van der Waals surface area contributed by atoms with E-state index in [2.05, 4.69) is 45.1 Å². The highest BCUT2D eigenvalue weighted by molar-refractivity contribution is 5.71. The third-order valence-corrected chi connectivity index (χ3v) is 14.2. The van der Waals surface area contributed by atoms with Crippen molar-refractivity contribution in [1.82, 2.24) is 0 Å². The maximum absolute atomic E-state index is 12.9. The fraction of sp³-hybridized carbons (Fsp3) is 0.891. The summed E-state index contributed by atoms with van der Waals surface area (Å²) in [4.78, 5) is 38.3. The third-order valence-electron chi connectivity index (χ3n) is 14.2. The van der Waals surface area contributed by atoms with Crippen LogP contribution in [0.15, 0.2) is 24.3 Å². The van der Waals surface area contributed by atoms with Crippen LogP contribution in [0.1, 0.15) is 348 Å². The summed E-state index contributed by atoms with van der Waals surface area (Å²) in [7, 11) is 0. The molecule has 0 rings (SSSR count). The van der Waals surface area contributed by atoms with Crippen molar-refractivity contribution in [2.45, 2.75) is 354 Å². The van der Waals surface area contributed by atoms with Crippen molar-refractivity contribution in [1.29, 1.82) is 0 Å². The van der Waals surface area contributed by atoms with Gasteiger partial charge in [-0.2, -0.15) is 0 Å². The summed E-state index contributed by atoms with van der Waals surface area (Å²) < 4.78 is 16.9. The zero-order valence-corrected chi connectivity index (χ0v) is 47.3. The van der Waals surface area contributed by atoms with Crippen LogP contribution < -0.4 is 0 Å². The Bertz CT molecular complexity index is 1130. The molecule has 0 radical (unpaired) electrons. The number of rotatable bonds is 58. The van der Waals surface area contributed by atoms with Gasteiger partial charge in [0.05, 0.1) is 0 Å². The number of carbonyl (C=O) groups is 3. The van der Waals surface area contributed by atoms with Crippen LogP contribution in [0.4, 0.5) is 0 Å². The zero-order chi connectivity index (χ0) is 50.7. The molecule has 412 valence electrons. The summed E-state index contributed by atoms with van der Waals surface area (Å²) in [5.74, 6) is -0.854. The third kappa shape index (κ3) is 56.8. The van der Waals surface area contributed by atoms with Crippen LogP contribution in [0, 0.1) is 0 Å². The first-order chi connectivity index (χ1) is 34.5. The predicted octanol–water partition coefficient (Wildman–Crippen LogP) is 21.1. The quantitative estimate of drug-likeness (QED) is 0.0261. The molecule has 0 fully saturated rings. The van der Waals surface area contributed by atoms with E-state index in [0.29, 0.717) is 19.3 Å². The Morgan fingerprint density at radius 1 is 0.286 bits per heavy atom. The second kappa shape index (κ2) is 59.5. The summed E-state index contributed by atoms with van der Waals surface area (Å²) in [6.07, 6.45) is 70.3. The van der Waals surface area contributed by atoms with Crippen molar-refractivity contribution in [3.05, 3.63) is 24.3 Å². The van der Waals surface area contributed by atoms with E-state index in [-0.39, 0.29) is 31.1 Å². The van der Waals surface area contributed by atoms with E-state index in [1.54, 1.807) is 0 Å². The number of unbranched alkanes of at least 4 members (excludes halogenated alkanes) is 44. The molecule has 0 bridgehead atoms. The molecule has 0 aliphatic carbocycles. The van der Waals surface area contributed by atoms with Crippen LogP contribution in [0.2, 0.25) is 0 Å². The smallest absolute Gasteiger partial charge is 0.306 e. The Morgan fingerprint density at radius 3 is 0.786 bits per heavy atom. The van der Waals surface area contributed by atoms with Gasteiger partial charge in [0.15, 0.2) is 6.10 Å². The highest BCUT2D eigenvalue weighted by atomic mass is 16.6. The summed E-state index contributed by atoms with van der Waals surface area (Å²) in [5, 5.41) is 0. The topological polar surface area (TPSA) is 78.9 Å². The normalized spacial score (nSPS) is 12.1. The molecule has 0 heterocycles. The second-order valence-electron chi connectivity index (χ2n) is 21.4. The highest BCUT2D eigenvalue weighted by Crippen LogP contribution is 2.18. The first kappa shape index (κ1) is 67.9. The average Bonchev–Trinajstić information content (AvgIpc) is 3.36. The first-order valence-corrected chi connectivity index (χ1v) is 31.4. The van der Waals surface area contributed by atoms with Crippen LogP contribution in [0.3, 0.4) is 0 Å². The van der Waals surface area contributed by atoms with Crippen LogP contribution in [-0.2, 0) is 28.6 Å². The van der Waals surface area contributed by atoms with E-state index in [1.165, 1.54) is 244 Å². The molecule has 0 aliphatic heterocycles. The lowest BCUT2D eigenvalue weighted by atomic mass is 10.0. The van der Waals surface area contributed by atoms with Gasteiger partial charge in [-0.05, 0) is 44.9 Å². The van der Waals surface area contributed by atoms with Gasteiger partial charge in [0.25, 0.3) is 0 Å². The van der Waals surface area contributed by atoms with Crippen LogP contribution >= 0.6 is 0 Å². The average molecular weight is 986 g/mol. The molecule has 0 saturated carbocycles. The van der Waals surface area contributed by atoms with Gasteiger partial charge in [0.1, 0.15) is 13.2 Å².